The summed E-state index contributed by atoms with van der Waals surface area (Å²) >= 11 is 0. The van der Waals surface area contributed by atoms with E-state index in [0.29, 0.717) is 5.56 Å². The van der Waals surface area contributed by atoms with Crippen molar-refractivity contribution in [2.75, 3.05) is 0 Å². The Morgan fingerprint density at radius 2 is 1.67 bits per heavy atom. The van der Waals surface area contributed by atoms with Crippen molar-refractivity contribution in [1.29, 1.82) is 0 Å². The van der Waals surface area contributed by atoms with E-state index >= 15 is 0 Å². The van der Waals surface area contributed by atoms with Crippen molar-refractivity contribution in [3.63, 3.8) is 0 Å². The van der Waals surface area contributed by atoms with Crippen molar-refractivity contribution in [2.24, 2.45) is 0 Å². The number of carbonyl (C=O) groups excluding carboxylic acids is 1. The SMILES string of the molecule is C/C=C\C=C(\Oc1ccc(C)cc1)c1ccc(C=O)cc1. The summed E-state index contributed by atoms with van der Waals surface area (Å²) in [5, 5.41) is 0. The molecule has 0 saturated heterocycles. The first-order valence-corrected chi connectivity index (χ1v) is 6.86. The van der Waals surface area contributed by atoms with Gasteiger partial charge in [0.15, 0.2) is 0 Å². The maximum absolute atomic E-state index is 10.7. The molecule has 0 unspecified atom stereocenters. The molecule has 2 nitrogen and oxygen atoms in total. The molecule has 0 aliphatic heterocycles. The van der Waals surface area contributed by atoms with Crippen LogP contribution in [0.2, 0.25) is 0 Å². The Kier molecular flexibility index (Phi) is 5.10. The van der Waals surface area contributed by atoms with E-state index in [4.69, 9.17) is 4.74 Å². The topological polar surface area (TPSA) is 26.3 Å². The molecule has 0 spiro atoms. The Labute approximate surface area is 125 Å². The second-order valence-corrected chi connectivity index (χ2v) is 4.71. The van der Waals surface area contributed by atoms with E-state index in [1.54, 1.807) is 12.1 Å². The molecule has 0 aliphatic rings. The van der Waals surface area contributed by atoms with Gasteiger partial charge in [-0.2, -0.15) is 0 Å². The van der Waals surface area contributed by atoms with E-state index in [-0.39, 0.29) is 0 Å². The number of aldehydes is 1. The number of aryl methyl sites for hydroxylation is 1. The van der Waals surface area contributed by atoms with Crippen LogP contribution in [0.4, 0.5) is 0 Å². The number of benzene rings is 2. The van der Waals surface area contributed by atoms with Gasteiger partial charge in [0.2, 0.25) is 0 Å². The molecule has 2 aromatic rings. The predicted octanol–water partition coefficient (Wildman–Crippen LogP) is 4.80. The highest BCUT2D eigenvalue weighted by molar-refractivity contribution is 5.76. The highest BCUT2D eigenvalue weighted by Gasteiger charge is 2.04. The van der Waals surface area contributed by atoms with Crippen molar-refractivity contribution in [1.82, 2.24) is 0 Å². The highest BCUT2D eigenvalue weighted by atomic mass is 16.5. The molecule has 21 heavy (non-hydrogen) atoms. The van der Waals surface area contributed by atoms with Gasteiger partial charge in [-0.25, -0.2) is 0 Å². The Bertz CT molecular complexity index is 647. The number of allylic oxidation sites excluding steroid dienone is 3. The molecular formula is C19H18O2. The molecule has 0 N–H and O–H groups in total. The quantitative estimate of drug-likeness (QED) is 0.446. The van der Waals surface area contributed by atoms with Gasteiger partial charge < -0.3 is 4.74 Å². The minimum atomic E-state index is 0.652. The molecule has 0 atom stereocenters. The van der Waals surface area contributed by atoms with E-state index in [0.717, 1.165) is 23.4 Å². The summed E-state index contributed by atoms with van der Waals surface area (Å²) in [5.41, 5.74) is 2.77. The molecule has 0 heterocycles. The van der Waals surface area contributed by atoms with Crippen molar-refractivity contribution in [3.05, 3.63) is 83.4 Å². The number of ether oxygens (including phenoxy) is 1. The Balaban J connectivity index is 2.29. The predicted molar refractivity (Wildman–Crippen MR) is 86.4 cm³/mol. The fraction of sp³-hybridized carbons (Fsp3) is 0.105. The largest absolute Gasteiger partial charge is 0.457 e. The Morgan fingerprint density at radius 1 is 1.00 bits per heavy atom. The van der Waals surface area contributed by atoms with Crippen LogP contribution in [-0.2, 0) is 0 Å². The average molecular weight is 278 g/mol. The smallest absolute Gasteiger partial charge is 0.150 e. The second-order valence-electron chi connectivity index (χ2n) is 4.71. The second kappa shape index (κ2) is 7.25. The summed E-state index contributed by atoms with van der Waals surface area (Å²) in [6, 6.07) is 15.2. The van der Waals surface area contributed by atoms with Gasteiger partial charge in [-0.15, -0.1) is 0 Å². The van der Waals surface area contributed by atoms with Crippen molar-refractivity contribution in [3.8, 4) is 5.75 Å². The molecule has 0 bridgehead atoms. The van der Waals surface area contributed by atoms with E-state index in [1.165, 1.54) is 5.56 Å². The lowest BCUT2D eigenvalue weighted by atomic mass is 10.1. The fourth-order valence-electron chi connectivity index (χ4n) is 1.83. The van der Waals surface area contributed by atoms with Crippen LogP contribution in [-0.4, -0.2) is 6.29 Å². The van der Waals surface area contributed by atoms with E-state index < -0.39 is 0 Å². The van der Waals surface area contributed by atoms with E-state index in [2.05, 4.69) is 0 Å². The Hall–Kier alpha value is -2.61. The minimum Gasteiger partial charge on any atom is -0.457 e. The molecule has 2 aromatic carbocycles. The summed E-state index contributed by atoms with van der Waals surface area (Å²) < 4.78 is 5.95. The third-order valence-corrected chi connectivity index (χ3v) is 3.02. The maximum Gasteiger partial charge on any atom is 0.150 e. The van der Waals surface area contributed by atoms with E-state index in [1.807, 2.05) is 68.5 Å². The fourth-order valence-corrected chi connectivity index (χ4v) is 1.83. The molecule has 0 fully saturated rings. The average Bonchev–Trinajstić information content (AvgIpc) is 2.53. The molecule has 0 radical (unpaired) electrons. The third-order valence-electron chi connectivity index (χ3n) is 3.02. The van der Waals surface area contributed by atoms with Crippen LogP contribution < -0.4 is 4.74 Å². The summed E-state index contributed by atoms with van der Waals surface area (Å²) in [7, 11) is 0. The summed E-state index contributed by atoms with van der Waals surface area (Å²) in [6.07, 6.45) is 6.62. The van der Waals surface area contributed by atoms with Gasteiger partial charge in [-0.3, -0.25) is 4.79 Å². The monoisotopic (exact) mass is 278 g/mol. The molecule has 2 heteroatoms. The summed E-state index contributed by atoms with van der Waals surface area (Å²) in [4.78, 5) is 10.7. The van der Waals surface area contributed by atoms with Crippen molar-refractivity contribution < 1.29 is 9.53 Å². The van der Waals surface area contributed by atoms with Gasteiger partial charge in [0.1, 0.15) is 17.8 Å². The molecular weight excluding hydrogens is 260 g/mol. The lowest BCUT2D eigenvalue weighted by Gasteiger charge is -2.10. The lowest BCUT2D eigenvalue weighted by molar-refractivity contribution is 0.112. The first-order chi connectivity index (χ1) is 10.2. The first-order valence-electron chi connectivity index (χ1n) is 6.86. The van der Waals surface area contributed by atoms with Gasteiger partial charge in [-0.05, 0) is 32.1 Å². The van der Waals surface area contributed by atoms with Gasteiger partial charge in [0.05, 0.1) is 0 Å². The van der Waals surface area contributed by atoms with Crippen LogP contribution in [0.5, 0.6) is 5.75 Å². The van der Waals surface area contributed by atoms with Crippen LogP contribution in [0.15, 0.2) is 66.8 Å². The standard InChI is InChI=1S/C19H18O2/c1-3-4-5-19(17-10-8-16(14-20)9-11-17)21-18-12-6-15(2)7-13-18/h3-14H,1-2H3/b4-3-,19-5+. The van der Waals surface area contributed by atoms with Crippen LogP contribution in [0.1, 0.15) is 28.4 Å². The van der Waals surface area contributed by atoms with E-state index in [9.17, 15) is 4.79 Å². The van der Waals surface area contributed by atoms with Gasteiger partial charge >= 0.3 is 0 Å². The third kappa shape index (κ3) is 4.18. The molecule has 106 valence electrons. The molecule has 0 aliphatic carbocycles. The lowest BCUT2D eigenvalue weighted by Crippen LogP contribution is -1.95. The number of rotatable bonds is 5. The zero-order chi connectivity index (χ0) is 15.1. The number of hydrogen-bond acceptors (Lipinski definition) is 2. The van der Waals surface area contributed by atoms with Crippen LogP contribution in [0, 0.1) is 6.92 Å². The summed E-state index contributed by atoms with van der Waals surface area (Å²) in [6.45, 7) is 3.99. The van der Waals surface area contributed by atoms with Gasteiger partial charge in [-0.1, -0.05) is 54.1 Å². The minimum absolute atomic E-state index is 0.652. The normalized spacial score (nSPS) is 11.6. The van der Waals surface area contributed by atoms with Gasteiger partial charge in [0, 0.05) is 11.1 Å². The molecule has 0 aromatic heterocycles. The van der Waals surface area contributed by atoms with Crippen molar-refractivity contribution >= 4 is 12.0 Å². The highest BCUT2D eigenvalue weighted by Crippen LogP contribution is 2.22. The number of hydrogen-bond donors (Lipinski definition) is 0. The summed E-state index contributed by atoms with van der Waals surface area (Å²) in [5.74, 6) is 1.53. The zero-order valence-corrected chi connectivity index (χ0v) is 12.2. The Morgan fingerprint density at radius 3 is 2.24 bits per heavy atom. The maximum atomic E-state index is 10.7. The van der Waals surface area contributed by atoms with Crippen LogP contribution in [0.3, 0.4) is 0 Å². The first kappa shape index (κ1) is 14.8. The number of carbonyl (C=O) groups is 1. The van der Waals surface area contributed by atoms with Crippen LogP contribution in [0.25, 0.3) is 5.76 Å². The van der Waals surface area contributed by atoms with Gasteiger partial charge in [0.25, 0.3) is 0 Å². The van der Waals surface area contributed by atoms with Crippen molar-refractivity contribution in [2.45, 2.75) is 13.8 Å². The molecule has 2 rings (SSSR count). The molecule has 0 amide bonds. The zero-order valence-electron chi connectivity index (χ0n) is 12.2. The molecule has 0 saturated carbocycles. The van der Waals surface area contributed by atoms with Crippen LogP contribution >= 0.6 is 0 Å².